The van der Waals surface area contributed by atoms with Gasteiger partial charge in [0, 0.05) is 20.6 Å². The summed E-state index contributed by atoms with van der Waals surface area (Å²) in [6, 6.07) is 14.0. The molecule has 2 rings (SSSR count). The summed E-state index contributed by atoms with van der Waals surface area (Å²) in [5.41, 5.74) is 8.46. The van der Waals surface area contributed by atoms with Crippen molar-refractivity contribution in [3.63, 3.8) is 0 Å². The lowest BCUT2D eigenvalue weighted by Gasteiger charge is -2.26. The molecule has 0 amide bonds. The van der Waals surface area contributed by atoms with E-state index >= 15 is 0 Å². The van der Waals surface area contributed by atoms with Crippen LogP contribution in [0.5, 0.6) is 5.75 Å². The molecule has 0 radical (unpaired) electrons. The molecule has 2 atom stereocenters. The van der Waals surface area contributed by atoms with Crippen LogP contribution in [0.1, 0.15) is 30.6 Å². The molecular weight excluding hydrogens is 394 g/mol. The van der Waals surface area contributed by atoms with Crippen LogP contribution in [-0.4, -0.2) is 6.04 Å². The zero-order valence-electron chi connectivity index (χ0n) is 12.1. The van der Waals surface area contributed by atoms with Gasteiger partial charge in [-0.3, -0.25) is 0 Å². The molecule has 0 aromatic heterocycles. The molecule has 0 aliphatic carbocycles. The third-order valence-corrected chi connectivity index (χ3v) is 4.68. The molecule has 2 nitrogen and oxygen atoms in total. The second-order valence-electron chi connectivity index (χ2n) is 5.04. The van der Waals surface area contributed by atoms with Gasteiger partial charge in [-0.15, -0.1) is 0 Å². The summed E-state index contributed by atoms with van der Waals surface area (Å²) in [5.74, 6) is 0.864. The van der Waals surface area contributed by atoms with Gasteiger partial charge in [0.1, 0.15) is 11.9 Å². The summed E-state index contributed by atoms with van der Waals surface area (Å²) in [6.45, 7) is 4.11. The Labute approximate surface area is 143 Å². The Morgan fingerprint density at radius 3 is 2.48 bits per heavy atom. The molecule has 4 heteroatoms. The van der Waals surface area contributed by atoms with Gasteiger partial charge in [-0.05, 0) is 43.2 Å². The molecule has 21 heavy (non-hydrogen) atoms. The summed E-state index contributed by atoms with van der Waals surface area (Å²) in [5, 5.41) is 0. The van der Waals surface area contributed by atoms with Crippen molar-refractivity contribution in [1.29, 1.82) is 0 Å². The van der Waals surface area contributed by atoms with Gasteiger partial charge in [-0.1, -0.05) is 57.0 Å². The number of ether oxygens (including phenoxy) is 1. The van der Waals surface area contributed by atoms with Crippen molar-refractivity contribution in [3.05, 3.63) is 62.5 Å². The largest absolute Gasteiger partial charge is 0.484 e. The monoisotopic (exact) mass is 411 g/mol. The maximum Gasteiger partial charge on any atom is 0.140 e. The van der Waals surface area contributed by atoms with Crippen molar-refractivity contribution in [3.8, 4) is 5.75 Å². The van der Waals surface area contributed by atoms with Gasteiger partial charge in [0.15, 0.2) is 0 Å². The van der Waals surface area contributed by atoms with E-state index in [0.29, 0.717) is 0 Å². The fraction of sp³-hybridized carbons (Fsp3) is 0.294. The van der Waals surface area contributed by atoms with Gasteiger partial charge in [-0.25, -0.2) is 0 Å². The van der Waals surface area contributed by atoms with Crippen LogP contribution in [0.4, 0.5) is 0 Å². The second-order valence-corrected chi connectivity index (χ2v) is 6.81. The minimum absolute atomic E-state index is 0.0632. The number of hydrogen-bond donors (Lipinski definition) is 1. The molecule has 0 aliphatic heterocycles. The highest BCUT2D eigenvalue weighted by Gasteiger charge is 2.23. The highest BCUT2D eigenvalue weighted by molar-refractivity contribution is 9.10. The fourth-order valence-corrected chi connectivity index (χ4v) is 3.17. The molecule has 2 unspecified atom stereocenters. The molecule has 0 aliphatic rings. The van der Waals surface area contributed by atoms with Gasteiger partial charge in [0.25, 0.3) is 0 Å². The second kappa shape index (κ2) is 7.43. The first-order valence-corrected chi connectivity index (χ1v) is 8.54. The lowest BCUT2D eigenvalue weighted by Crippen LogP contribution is -2.31. The van der Waals surface area contributed by atoms with Crippen LogP contribution in [0.25, 0.3) is 0 Å². The Morgan fingerprint density at radius 1 is 1.14 bits per heavy atom. The number of rotatable bonds is 5. The smallest absolute Gasteiger partial charge is 0.140 e. The van der Waals surface area contributed by atoms with E-state index in [-0.39, 0.29) is 12.1 Å². The lowest BCUT2D eigenvalue weighted by atomic mass is 10.0. The third kappa shape index (κ3) is 4.09. The van der Waals surface area contributed by atoms with Gasteiger partial charge in [0.05, 0.1) is 0 Å². The molecule has 0 saturated heterocycles. The summed E-state index contributed by atoms with van der Waals surface area (Å²) in [7, 11) is 0. The predicted molar refractivity (Wildman–Crippen MR) is 94.7 cm³/mol. The number of halogens is 2. The third-order valence-electron chi connectivity index (χ3n) is 3.46. The van der Waals surface area contributed by atoms with Crippen LogP contribution in [0, 0.1) is 6.92 Å². The highest BCUT2D eigenvalue weighted by atomic mass is 79.9. The van der Waals surface area contributed by atoms with Crippen molar-refractivity contribution in [2.45, 2.75) is 32.4 Å². The quantitative estimate of drug-likeness (QED) is 0.715. The number of hydrogen-bond acceptors (Lipinski definition) is 2. The van der Waals surface area contributed by atoms with E-state index in [9.17, 15) is 0 Å². The molecule has 0 saturated carbocycles. The van der Waals surface area contributed by atoms with Crippen LogP contribution in [0.15, 0.2) is 51.4 Å². The molecule has 0 heterocycles. The average Bonchev–Trinajstić information content (AvgIpc) is 2.47. The molecule has 0 bridgehead atoms. The Hall–Kier alpha value is -0.840. The number of benzene rings is 2. The standard InChI is InChI=1S/C17H19Br2NO/c1-3-15(20)17(13-6-4-5-7-14(13)19)21-16-9-8-12(18)10-11(16)2/h4-10,15,17H,3,20H2,1-2H3. The van der Waals surface area contributed by atoms with Crippen molar-refractivity contribution in [2.75, 3.05) is 0 Å². The van der Waals surface area contributed by atoms with Gasteiger partial charge in [-0.2, -0.15) is 0 Å². The molecule has 2 aromatic rings. The van der Waals surface area contributed by atoms with Gasteiger partial charge < -0.3 is 10.5 Å². The van der Waals surface area contributed by atoms with E-state index in [1.807, 2.05) is 43.3 Å². The first kappa shape index (κ1) is 16.5. The van der Waals surface area contributed by atoms with E-state index in [1.54, 1.807) is 0 Å². The number of aryl methyl sites for hydroxylation is 1. The molecule has 0 fully saturated rings. The molecule has 0 spiro atoms. The topological polar surface area (TPSA) is 35.2 Å². The minimum atomic E-state index is -0.176. The molecule has 112 valence electrons. The summed E-state index contributed by atoms with van der Waals surface area (Å²) >= 11 is 7.07. The van der Waals surface area contributed by atoms with E-state index in [2.05, 4.69) is 44.8 Å². The summed E-state index contributed by atoms with van der Waals surface area (Å²) in [6.07, 6.45) is 0.673. The van der Waals surface area contributed by atoms with Gasteiger partial charge in [0.2, 0.25) is 0 Å². The van der Waals surface area contributed by atoms with E-state index in [4.69, 9.17) is 10.5 Å². The molecular formula is C17H19Br2NO. The Morgan fingerprint density at radius 2 is 1.86 bits per heavy atom. The van der Waals surface area contributed by atoms with Crippen molar-refractivity contribution >= 4 is 31.9 Å². The highest BCUT2D eigenvalue weighted by Crippen LogP contribution is 2.32. The maximum absolute atomic E-state index is 6.29. The predicted octanol–water partition coefficient (Wildman–Crippen LogP) is 5.38. The van der Waals surface area contributed by atoms with Crippen molar-refractivity contribution in [1.82, 2.24) is 0 Å². The van der Waals surface area contributed by atoms with Crippen LogP contribution < -0.4 is 10.5 Å². The van der Waals surface area contributed by atoms with Crippen molar-refractivity contribution in [2.24, 2.45) is 5.73 Å². The van der Waals surface area contributed by atoms with E-state index < -0.39 is 0 Å². The molecule has 2 aromatic carbocycles. The van der Waals surface area contributed by atoms with Crippen LogP contribution in [0.3, 0.4) is 0 Å². The van der Waals surface area contributed by atoms with E-state index in [0.717, 1.165) is 32.2 Å². The van der Waals surface area contributed by atoms with Gasteiger partial charge >= 0.3 is 0 Å². The Balaban J connectivity index is 2.35. The van der Waals surface area contributed by atoms with Crippen molar-refractivity contribution < 1.29 is 4.74 Å². The lowest BCUT2D eigenvalue weighted by molar-refractivity contribution is 0.169. The summed E-state index contributed by atoms with van der Waals surface area (Å²) in [4.78, 5) is 0. The number of nitrogens with two attached hydrogens (primary N) is 1. The van der Waals surface area contributed by atoms with Crippen LogP contribution in [0.2, 0.25) is 0 Å². The Kier molecular flexibility index (Phi) is 5.85. The average molecular weight is 413 g/mol. The Bertz CT molecular complexity index is 615. The fourth-order valence-electron chi connectivity index (χ4n) is 2.18. The normalized spacial score (nSPS) is 13.8. The van der Waals surface area contributed by atoms with E-state index in [1.165, 1.54) is 0 Å². The van der Waals surface area contributed by atoms with Crippen LogP contribution >= 0.6 is 31.9 Å². The summed E-state index contributed by atoms with van der Waals surface area (Å²) < 4.78 is 8.31. The zero-order chi connectivity index (χ0) is 15.4. The maximum atomic E-state index is 6.29. The zero-order valence-corrected chi connectivity index (χ0v) is 15.3. The molecule has 2 N–H and O–H groups in total. The first-order valence-electron chi connectivity index (χ1n) is 6.95. The van der Waals surface area contributed by atoms with Crippen LogP contribution in [-0.2, 0) is 0 Å². The minimum Gasteiger partial charge on any atom is -0.484 e. The SMILES string of the molecule is CCC(N)C(Oc1ccc(Br)cc1C)c1ccccc1Br. The first-order chi connectivity index (χ1) is 10.0.